The lowest BCUT2D eigenvalue weighted by molar-refractivity contribution is -0.140. The van der Waals surface area contributed by atoms with Crippen molar-refractivity contribution in [3.05, 3.63) is 18.2 Å². The zero-order valence-corrected chi connectivity index (χ0v) is 11.1. The SMILES string of the molecule is COC(=O)CCNc1ccc(OCCO)c(OC)c1. The molecule has 0 aromatic heterocycles. The van der Waals surface area contributed by atoms with Crippen LogP contribution in [0.2, 0.25) is 0 Å². The van der Waals surface area contributed by atoms with Crippen molar-refractivity contribution in [1.29, 1.82) is 0 Å². The molecule has 1 rings (SSSR count). The highest BCUT2D eigenvalue weighted by molar-refractivity contribution is 5.70. The summed E-state index contributed by atoms with van der Waals surface area (Å²) in [7, 11) is 2.90. The van der Waals surface area contributed by atoms with E-state index in [2.05, 4.69) is 10.1 Å². The molecule has 0 saturated heterocycles. The molecule has 0 radical (unpaired) electrons. The molecular formula is C13H19NO5. The Bertz CT molecular complexity index is 408. The second-order valence-corrected chi connectivity index (χ2v) is 3.69. The molecule has 0 aliphatic heterocycles. The van der Waals surface area contributed by atoms with Gasteiger partial charge < -0.3 is 24.6 Å². The van der Waals surface area contributed by atoms with Crippen LogP contribution in [0.25, 0.3) is 0 Å². The van der Waals surface area contributed by atoms with Gasteiger partial charge in [0, 0.05) is 18.3 Å². The zero-order valence-electron chi connectivity index (χ0n) is 11.1. The van der Waals surface area contributed by atoms with Gasteiger partial charge in [0.25, 0.3) is 0 Å². The molecular weight excluding hydrogens is 250 g/mol. The number of hydrogen-bond acceptors (Lipinski definition) is 6. The van der Waals surface area contributed by atoms with Crippen molar-refractivity contribution in [2.45, 2.75) is 6.42 Å². The summed E-state index contributed by atoms with van der Waals surface area (Å²) in [6.45, 7) is 0.639. The van der Waals surface area contributed by atoms with Gasteiger partial charge >= 0.3 is 5.97 Å². The predicted octanol–water partition coefficient (Wildman–Crippen LogP) is 1.04. The number of aliphatic hydroxyl groups is 1. The quantitative estimate of drug-likeness (QED) is 0.687. The molecule has 6 nitrogen and oxygen atoms in total. The Balaban J connectivity index is 2.58. The number of rotatable bonds is 8. The van der Waals surface area contributed by atoms with E-state index in [9.17, 15) is 4.79 Å². The molecule has 6 heteroatoms. The van der Waals surface area contributed by atoms with Crippen LogP contribution < -0.4 is 14.8 Å². The molecule has 0 fully saturated rings. The van der Waals surface area contributed by atoms with E-state index < -0.39 is 0 Å². The van der Waals surface area contributed by atoms with Gasteiger partial charge in [0.05, 0.1) is 27.2 Å². The number of carbonyl (C=O) groups excluding carboxylic acids is 1. The largest absolute Gasteiger partial charge is 0.493 e. The van der Waals surface area contributed by atoms with E-state index in [1.54, 1.807) is 19.2 Å². The number of anilines is 1. The van der Waals surface area contributed by atoms with Gasteiger partial charge in [-0.25, -0.2) is 0 Å². The van der Waals surface area contributed by atoms with Crippen LogP contribution in [0.4, 0.5) is 5.69 Å². The highest BCUT2D eigenvalue weighted by Crippen LogP contribution is 2.30. The van der Waals surface area contributed by atoms with Crippen molar-refractivity contribution >= 4 is 11.7 Å². The Morgan fingerprint density at radius 2 is 2.11 bits per heavy atom. The van der Waals surface area contributed by atoms with Crippen LogP contribution in [0.1, 0.15) is 6.42 Å². The molecule has 0 bridgehead atoms. The smallest absolute Gasteiger partial charge is 0.307 e. The second kappa shape index (κ2) is 8.20. The van der Waals surface area contributed by atoms with Gasteiger partial charge in [-0.1, -0.05) is 0 Å². The van der Waals surface area contributed by atoms with Gasteiger partial charge in [-0.2, -0.15) is 0 Å². The fourth-order valence-corrected chi connectivity index (χ4v) is 1.46. The Morgan fingerprint density at radius 1 is 1.32 bits per heavy atom. The summed E-state index contributed by atoms with van der Waals surface area (Å²) in [4.78, 5) is 11.0. The van der Waals surface area contributed by atoms with Crippen molar-refractivity contribution in [1.82, 2.24) is 0 Å². The number of nitrogens with one attached hydrogen (secondary N) is 1. The van der Waals surface area contributed by atoms with Crippen LogP contribution in [0, 0.1) is 0 Å². The first-order valence-electron chi connectivity index (χ1n) is 5.93. The van der Waals surface area contributed by atoms with Crippen LogP contribution in [0.3, 0.4) is 0 Å². The summed E-state index contributed by atoms with van der Waals surface area (Å²) in [5, 5.41) is 11.8. The highest BCUT2D eigenvalue weighted by Gasteiger charge is 2.06. The minimum atomic E-state index is -0.262. The number of aliphatic hydroxyl groups excluding tert-OH is 1. The zero-order chi connectivity index (χ0) is 14.1. The number of methoxy groups -OCH3 is 2. The molecule has 1 aromatic carbocycles. The lowest BCUT2D eigenvalue weighted by atomic mass is 10.2. The average molecular weight is 269 g/mol. The van der Waals surface area contributed by atoms with E-state index in [4.69, 9.17) is 14.6 Å². The van der Waals surface area contributed by atoms with Gasteiger partial charge in [-0.3, -0.25) is 4.79 Å². The number of hydrogen-bond donors (Lipinski definition) is 2. The topological polar surface area (TPSA) is 77.0 Å². The molecule has 0 unspecified atom stereocenters. The van der Waals surface area contributed by atoms with Gasteiger partial charge in [-0.15, -0.1) is 0 Å². The fraction of sp³-hybridized carbons (Fsp3) is 0.462. The molecule has 0 spiro atoms. The molecule has 0 saturated carbocycles. The van der Waals surface area contributed by atoms with Crippen molar-refractivity contribution in [2.24, 2.45) is 0 Å². The Morgan fingerprint density at radius 3 is 2.74 bits per heavy atom. The van der Waals surface area contributed by atoms with Crippen molar-refractivity contribution in [3.63, 3.8) is 0 Å². The first-order chi connectivity index (χ1) is 9.21. The first-order valence-corrected chi connectivity index (χ1v) is 5.93. The summed E-state index contributed by atoms with van der Waals surface area (Å²) in [6.07, 6.45) is 0.293. The number of carbonyl (C=O) groups is 1. The third kappa shape index (κ3) is 5.05. The summed E-state index contributed by atoms with van der Waals surface area (Å²) in [5.41, 5.74) is 0.817. The van der Waals surface area contributed by atoms with E-state index in [0.717, 1.165) is 5.69 Å². The maximum atomic E-state index is 11.0. The molecule has 0 aliphatic carbocycles. The van der Waals surface area contributed by atoms with Crippen LogP contribution in [0.15, 0.2) is 18.2 Å². The molecule has 106 valence electrons. The van der Waals surface area contributed by atoms with Crippen molar-refractivity contribution in [2.75, 3.05) is 39.3 Å². The van der Waals surface area contributed by atoms with E-state index in [1.165, 1.54) is 7.11 Å². The molecule has 2 N–H and O–H groups in total. The Labute approximate surface area is 112 Å². The molecule has 0 amide bonds. The van der Waals surface area contributed by atoms with Gasteiger partial charge in [0.15, 0.2) is 11.5 Å². The minimum Gasteiger partial charge on any atom is -0.493 e. The van der Waals surface area contributed by atoms with E-state index in [0.29, 0.717) is 24.5 Å². The summed E-state index contributed by atoms with van der Waals surface area (Å²) >= 11 is 0. The first kappa shape index (κ1) is 15.1. The summed E-state index contributed by atoms with van der Waals surface area (Å²) < 4.78 is 15.1. The number of esters is 1. The van der Waals surface area contributed by atoms with Crippen molar-refractivity contribution < 1.29 is 24.1 Å². The van der Waals surface area contributed by atoms with E-state index >= 15 is 0 Å². The molecule has 0 atom stereocenters. The third-order valence-corrected chi connectivity index (χ3v) is 2.40. The fourth-order valence-electron chi connectivity index (χ4n) is 1.46. The Kier molecular flexibility index (Phi) is 6.52. The summed E-state index contributed by atoms with van der Waals surface area (Å²) in [5.74, 6) is 0.869. The third-order valence-electron chi connectivity index (χ3n) is 2.40. The highest BCUT2D eigenvalue weighted by atomic mass is 16.5. The standard InChI is InChI=1S/C13H19NO5/c1-17-12-9-10(14-6-5-13(16)18-2)3-4-11(12)19-8-7-15/h3-4,9,14-15H,5-8H2,1-2H3. The minimum absolute atomic E-state index is 0.0533. The van der Waals surface area contributed by atoms with Crippen LogP contribution in [-0.2, 0) is 9.53 Å². The van der Waals surface area contributed by atoms with Crippen molar-refractivity contribution in [3.8, 4) is 11.5 Å². The van der Waals surface area contributed by atoms with Gasteiger partial charge in [0.2, 0.25) is 0 Å². The lowest BCUT2D eigenvalue weighted by Gasteiger charge is -2.12. The average Bonchev–Trinajstić information content (AvgIpc) is 2.45. The van der Waals surface area contributed by atoms with Gasteiger partial charge in [-0.05, 0) is 12.1 Å². The molecule has 0 aliphatic rings. The number of benzene rings is 1. The molecule has 1 aromatic rings. The Hall–Kier alpha value is -1.95. The van der Waals surface area contributed by atoms with Crippen LogP contribution >= 0.6 is 0 Å². The maximum Gasteiger partial charge on any atom is 0.307 e. The van der Waals surface area contributed by atoms with Crippen LogP contribution in [0.5, 0.6) is 11.5 Å². The normalized spacial score (nSPS) is 9.84. The maximum absolute atomic E-state index is 11.0. The van der Waals surface area contributed by atoms with E-state index in [1.807, 2.05) is 6.07 Å². The summed E-state index contributed by atoms with van der Waals surface area (Å²) in [6, 6.07) is 5.32. The molecule has 0 heterocycles. The van der Waals surface area contributed by atoms with Crippen LogP contribution in [-0.4, -0.2) is 45.1 Å². The number of ether oxygens (including phenoxy) is 3. The van der Waals surface area contributed by atoms with E-state index in [-0.39, 0.29) is 19.2 Å². The second-order valence-electron chi connectivity index (χ2n) is 3.69. The monoisotopic (exact) mass is 269 g/mol. The van der Waals surface area contributed by atoms with Gasteiger partial charge in [0.1, 0.15) is 6.61 Å². The molecule has 19 heavy (non-hydrogen) atoms. The predicted molar refractivity (Wildman–Crippen MR) is 70.7 cm³/mol. The lowest BCUT2D eigenvalue weighted by Crippen LogP contribution is -2.10.